The SMILES string of the molecule is CC(C)CNC(=O)[C@@H](C)OC(=O)c1ccc(S(=O)(=O)C(F)F)cc1. The van der Waals surface area contributed by atoms with E-state index in [-0.39, 0.29) is 11.5 Å². The van der Waals surface area contributed by atoms with Crippen molar-refractivity contribution in [3.63, 3.8) is 0 Å². The van der Waals surface area contributed by atoms with Gasteiger partial charge in [0.1, 0.15) is 0 Å². The normalized spacial score (nSPS) is 13.0. The molecule has 6 nitrogen and oxygen atoms in total. The molecule has 0 saturated heterocycles. The summed E-state index contributed by atoms with van der Waals surface area (Å²) in [6.07, 6.45) is -1.04. The molecule has 1 N–H and O–H groups in total. The van der Waals surface area contributed by atoms with Gasteiger partial charge in [-0.2, -0.15) is 8.78 Å². The predicted molar refractivity (Wildman–Crippen MR) is 82.4 cm³/mol. The van der Waals surface area contributed by atoms with Gasteiger partial charge < -0.3 is 10.1 Å². The lowest BCUT2D eigenvalue weighted by atomic mass is 10.2. The van der Waals surface area contributed by atoms with Gasteiger partial charge in [-0.3, -0.25) is 4.79 Å². The molecule has 0 unspecified atom stereocenters. The third kappa shape index (κ3) is 5.26. The van der Waals surface area contributed by atoms with Crippen LogP contribution in [-0.2, 0) is 19.4 Å². The molecular weight excluding hydrogens is 344 g/mol. The molecule has 0 radical (unpaired) electrons. The zero-order valence-corrected chi connectivity index (χ0v) is 14.3. The second-order valence-corrected chi connectivity index (χ2v) is 7.43. The molecule has 0 heterocycles. The molecule has 1 rings (SSSR count). The maximum atomic E-state index is 12.4. The van der Waals surface area contributed by atoms with Gasteiger partial charge in [-0.05, 0) is 37.1 Å². The van der Waals surface area contributed by atoms with Gasteiger partial charge >= 0.3 is 11.7 Å². The second-order valence-electron chi connectivity index (χ2n) is 5.52. The van der Waals surface area contributed by atoms with Crippen LogP contribution in [0.1, 0.15) is 31.1 Å². The largest absolute Gasteiger partial charge is 0.449 e. The summed E-state index contributed by atoms with van der Waals surface area (Å²) < 4.78 is 52.4. The summed E-state index contributed by atoms with van der Waals surface area (Å²) in [5, 5.41) is 2.60. The van der Waals surface area contributed by atoms with Crippen molar-refractivity contribution in [1.82, 2.24) is 5.32 Å². The molecule has 134 valence electrons. The Morgan fingerprint density at radius 2 is 1.67 bits per heavy atom. The lowest BCUT2D eigenvalue weighted by Crippen LogP contribution is -2.37. The summed E-state index contributed by atoms with van der Waals surface area (Å²) in [4.78, 5) is 23.0. The quantitative estimate of drug-likeness (QED) is 0.749. The molecule has 0 spiro atoms. The summed E-state index contributed by atoms with van der Waals surface area (Å²) in [6.45, 7) is 5.64. The third-order valence-corrected chi connectivity index (χ3v) is 4.39. The Balaban J connectivity index is 2.74. The van der Waals surface area contributed by atoms with Crippen LogP contribution < -0.4 is 5.32 Å². The Bertz CT molecular complexity index is 686. The minimum atomic E-state index is -4.72. The molecule has 0 bridgehead atoms. The molecule has 1 amide bonds. The van der Waals surface area contributed by atoms with Gasteiger partial charge in [0.25, 0.3) is 5.91 Å². The Labute approximate surface area is 139 Å². The fourth-order valence-electron chi connectivity index (χ4n) is 1.61. The smallest absolute Gasteiger partial charge is 0.341 e. The van der Waals surface area contributed by atoms with Crippen molar-refractivity contribution in [2.75, 3.05) is 6.54 Å². The third-order valence-electron chi connectivity index (χ3n) is 2.99. The van der Waals surface area contributed by atoms with Crippen LogP contribution in [0.3, 0.4) is 0 Å². The van der Waals surface area contributed by atoms with Crippen LogP contribution in [0.5, 0.6) is 0 Å². The molecule has 9 heteroatoms. The Hall–Kier alpha value is -2.03. The second kappa shape index (κ2) is 8.18. The summed E-state index contributed by atoms with van der Waals surface area (Å²) in [5.41, 5.74) is -0.0493. The number of rotatable bonds is 7. The average molecular weight is 363 g/mol. The van der Waals surface area contributed by atoms with Crippen molar-refractivity contribution in [2.24, 2.45) is 5.92 Å². The molecule has 0 aliphatic carbocycles. The maximum absolute atomic E-state index is 12.4. The van der Waals surface area contributed by atoms with Crippen molar-refractivity contribution < 1.29 is 31.5 Å². The van der Waals surface area contributed by atoms with Crippen LogP contribution in [-0.4, -0.2) is 38.7 Å². The van der Waals surface area contributed by atoms with E-state index in [2.05, 4.69) is 5.32 Å². The van der Waals surface area contributed by atoms with E-state index >= 15 is 0 Å². The minimum absolute atomic E-state index is 0.0493. The van der Waals surface area contributed by atoms with Crippen LogP contribution in [0, 0.1) is 5.92 Å². The molecule has 0 aromatic heterocycles. The molecule has 0 aliphatic heterocycles. The topological polar surface area (TPSA) is 89.5 Å². The highest BCUT2D eigenvalue weighted by molar-refractivity contribution is 7.91. The molecule has 0 aliphatic rings. The van der Waals surface area contributed by atoms with Crippen LogP contribution >= 0.6 is 0 Å². The Kier molecular flexibility index (Phi) is 6.82. The van der Waals surface area contributed by atoms with Crippen molar-refractivity contribution in [2.45, 2.75) is 37.5 Å². The van der Waals surface area contributed by atoms with E-state index in [4.69, 9.17) is 4.74 Å². The predicted octanol–water partition coefficient (Wildman–Crippen LogP) is 2.00. The standard InChI is InChI=1S/C15H19F2NO5S/c1-9(2)8-18-13(19)10(3)23-14(20)11-4-6-12(7-5-11)24(21,22)15(16)17/h4-7,9-10,15H,8H2,1-3H3,(H,18,19)/t10-/m1/s1. The van der Waals surface area contributed by atoms with E-state index < -0.39 is 38.5 Å². The number of hydrogen-bond acceptors (Lipinski definition) is 5. The molecule has 1 aromatic carbocycles. The number of ether oxygens (including phenoxy) is 1. The molecule has 1 aromatic rings. The number of halogens is 2. The van der Waals surface area contributed by atoms with E-state index in [0.717, 1.165) is 24.3 Å². The van der Waals surface area contributed by atoms with E-state index in [1.165, 1.54) is 6.92 Å². The van der Waals surface area contributed by atoms with E-state index in [0.29, 0.717) is 6.54 Å². The molecule has 0 fully saturated rings. The number of sulfone groups is 1. The lowest BCUT2D eigenvalue weighted by molar-refractivity contribution is -0.129. The van der Waals surface area contributed by atoms with Crippen molar-refractivity contribution in [3.05, 3.63) is 29.8 Å². The van der Waals surface area contributed by atoms with Crippen molar-refractivity contribution in [1.29, 1.82) is 0 Å². The van der Waals surface area contributed by atoms with Crippen molar-refractivity contribution in [3.8, 4) is 0 Å². The number of benzene rings is 1. The fraction of sp³-hybridized carbons (Fsp3) is 0.467. The monoisotopic (exact) mass is 363 g/mol. The van der Waals surface area contributed by atoms with Gasteiger partial charge in [-0.1, -0.05) is 13.8 Å². The highest BCUT2D eigenvalue weighted by Gasteiger charge is 2.27. The van der Waals surface area contributed by atoms with Crippen LogP contribution in [0.4, 0.5) is 8.78 Å². The van der Waals surface area contributed by atoms with Crippen molar-refractivity contribution >= 4 is 21.7 Å². The molecule has 24 heavy (non-hydrogen) atoms. The first-order chi connectivity index (χ1) is 11.1. The first-order valence-electron chi connectivity index (χ1n) is 7.16. The summed E-state index contributed by atoms with van der Waals surface area (Å²) in [7, 11) is -4.72. The number of esters is 1. The number of alkyl halides is 2. The summed E-state index contributed by atoms with van der Waals surface area (Å²) >= 11 is 0. The first-order valence-corrected chi connectivity index (χ1v) is 8.71. The molecule has 1 atom stereocenters. The highest BCUT2D eigenvalue weighted by atomic mass is 32.2. The van der Waals surface area contributed by atoms with E-state index in [9.17, 15) is 26.8 Å². The number of hydrogen-bond donors (Lipinski definition) is 1. The zero-order chi connectivity index (χ0) is 18.5. The maximum Gasteiger partial charge on any atom is 0.341 e. The number of carbonyl (C=O) groups is 2. The van der Waals surface area contributed by atoms with Crippen LogP contribution in [0.25, 0.3) is 0 Å². The summed E-state index contributed by atoms with van der Waals surface area (Å²) in [6, 6.07) is 3.88. The van der Waals surface area contributed by atoms with E-state index in [1.807, 2.05) is 13.8 Å². The lowest BCUT2D eigenvalue weighted by Gasteiger charge is -2.14. The van der Waals surface area contributed by atoms with Gasteiger partial charge in [0, 0.05) is 6.54 Å². The number of carbonyl (C=O) groups excluding carboxylic acids is 2. The zero-order valence-electron chi connectivity index (χ0n) is 13.5. The number of nitrogens with one attached hydrogen (secondary N) is 1. The van der Waals surface area contributed by atoms with Gasteiger partial charge in [-0.15, -0.1) is 0 Å². The van der Waals surface area contributed by atoms with Crippen LogP contribution in [0.2, 0.25) is 0 Å². The van der Waals surface area contributed by atoms with Gasteiger partial charge in [0.2, 0.25) is 9.84 Å². The minimum Gasteiger partial charge on any atom is -0.449 e. The first kappa shape index (κ1) is 20.0. The van der Waals surface area contributed by atoms with Crippen LogP contribution in [0.15, 0.2) is 29.2 Å². The highest BCUT2D eigenvalue weighted by Crippen LogP contribution is 2.19. The molecular formula is C15H19F2NO5S. The number of amides is 1. The van der Waals surface area contributed by atoms with Gasteiger partial charge in [-0.25, -0.2) is 13.2 Å². The van der Waals surface area contributed by atoms with Gasteiger partial charge in [0.15, 0.2) is 6.10 Å². The average Bonchev–Trinajstić information content (AvgIpc) is 2.52. The van der Waals surface area contributed by atoms with E-state index in [1.54, 1.807) is 0 Å². The summed E-state index contributed by atoms with van der Waals surface area (Å²) in [5.74, 6) is -4.63. The Morgan fingerprint density at radius 1 is 1.12 bits per heavy atom. The molecule has 0 saturated carbocycles. The van der Waals surface area contributed by atoms with Gasteiger partial charge in [0.05, 0.1) is 10.5 Å². The fourth-order valence-corrected chi connectivity index (χ4v) is 2.34. The Morgan fingerprint density at radius 3 is 2.12 bits per heavy atom.